The SMILES string of the molecule is CN(c1ccccc1Br)S(=O)(=O)CCl. The molecule has 6 heteroatoms. The maximum absolute atomic E-state index is 11.4. The molecule has 0 atom stereocenters. The molecular formula is C8H9BrClNO2S. The quantitative estimate of drug-likeness (QED) is 0.804. The van der Waals surface area contributed by atoms with Crippen LogP contribution < -0.4 is 4.31 Å². The number of anilines is 1. The third-order valence-corrected chi connectivity index (χ3v) is 4.55. The van der Waals surface area contributed by atoms with Gasteiger partial charge in [0, 0.05) is 11.5 Å². The number of nitrogens with zero attached hydrogens (tertiary/aromatic N) is 1. The number of halogens is 2. The zero-order valence-corrected chi connectivity index (χ0v) is 10.6. The van der Waals surface area contributed by atoms with Gasteiger partial charge in [-0.15, -0.1) is 11.6 Å². The van der Waals surface area contributed by atoms with E-state index in [1.807, 2.05) is 6.07 Å². The van der Waals surface area contributed by atoms with Crippen molar-refractivity contribution in [1.82, 2.24) is 0 Å². The van der Waals surface area contributed by atoms with Crippen LogP contribution in [0, 0.1) is 0 Å². The lowest BCUT2D eigenvalue weighted by atomic mass is 10.3. The van der Waals surface area contributed by atoms with Gasteiger partial charge in [0.25, 0.3) is 0 Å². The third kappa shape index (κ3) is 2.40. The highest BCUT2D eigenvalue weighted by Gasteiger charge is 2.18. The standard InChI is InChI=1S/C8H9BrClNO2S/c1-11(14(12,13)6-10)8-5-3-2-4-7(8)9/h2-5H,6H2,1H3. The summed E-state index contributed by atoms with van der Waals surface area (Å²) in [6.45, 7) is 0. The van der Waals surface area contributed by atoms with Crippen molar-refractivity contribution in [2.45, 2.75) is 0 Å². The van der Waals surface area contributed by atoms with Gasteiger partial charge in [0.2, 0.25) is 10.0 Å². The largest absolute Gasteiger partial charge is 0.271 e. The highest BCUT2D eigenvalue weighted by molar-refractivity contribution is 9.10. The molecule has 1 aromatic carbocycles. The molecule has 14 heavy (non-hydrogen) atoms. The van der Waals surface area contributed by atoms with Crippen molar-refractivity contribution in [2.24, 2.45) is 0 Å². The monoisotopic (exact) mass is 297 g/mol. The minimum Gasteiger partial charge on any atom is -0.271 e. The van der Waals surface area contributed by atoms with Crippen molar-refractivity contribution < 1.29 is 8.42 Å². The van der Waals surface area contributed by atoms with Gasteiger partial charge in [-0.1, -0.05) is 12.1 Å². The first kappa shape index (κ1) is 11.8. The van der Waals surface area contributed by atoms with Gasteiger partial charge in [0.1, 0.15) is 5.21 Å². The van der Waals surface area contributed by atoms with E-state index in [1.54, 1.807) is 18.2 Å². The van der Waals surface area contributed by atoms with E-state index >= 15 is 0 Å². The molecule has 0 saturated heterocycles. The number of rotatable bonds is 3. The van der Waals surface area contributed by atoms with Crippen LogP contribution in [0.2, 0.25) is 0 Å². The number of para-hydroxylation sites is 1. The van der Waals surface area contributed by atoms with Gasteiger partial charge in [-0.2, -0.15) is 0 Å². The minimum absolute atomic E-state index is 0.426. The molecule has 1 aromatic rings. The normalized spacial score (nSPS) is 11.4. The van der Waals surface area contributed by atoms with E-state index in [2.05, 4.69) is 15.9 Å². The van der Waals surface area contributed by atoms with Crippen LogP contribution in [0.25, 0.3) is 0 Å². The molecule has 0 N–H and O–H groups in total. The maximum Gasteiger partial charge on any atom is 0.249 e. The van der Waals surface area contributed by atoms with Crippen molar-refractivity contribution in [3.63, 3.8) is 0 Å². The minimum atomic E-state index is -3.40. The molecule has 0 bridgehead atoms. The molecule has 78 valence electrons. The van der Waals surface area contributed by atoms with Crippen LogP contribution in [0.5, 0.6) is 0 Å². The number of sulfonamides is 1. The molecule has 0 heterocycles. The van der Waals surface area contributed by atoms with E-state index in [-0.39, 0.29) is 0 Å². The van der Waals surface area contributed by atoms with Crippen molar-refractivity contribution in [1.29, 1.82) is 0 Å². The molecule has 0 amide bonds. The van der Waals surface area contributed by atoms with Gasteiger partial charge in [-0.3, -0.25) is 4.31 Å². The van der Waals surface area contributed by atoms with Crippen molar-refractivity contribution >= 4 is 43.2 Å². The van der Waals surface area contributed by atoms with Crippen LogP contribution in [-0.4, -0.2) is 20.7 Å². The number of benzene rings is 1. The predicted octanol–water partition coefficient (Wildman–Crippen LogP) is 2.41. The Bertz CT molecular complexity index is 421. The summed E-state index contributed by atoms with van der Waals surface area (Å²) in [6.07, 6.45) is 0. The molecule has 0 unspecified atom stereocenters. The Hall–Kier alpha value is -0.260. The Morgan fingerprint density at radius 1 is 1.43 bits per heavy atom. The average Bonchev–Trinajstić information content (AvgIpc) is 2.17. The maximum atomic E-state index is 11.4. The molecule has 0 aromatic heterocycles. The summed E-state index contributed by atoms with van der Waals surface area (Å²) < 4.78 is 24.7. The Morgan fingerprint density at radius 3 is 2.50 bits per heavy atom. The van der Waals surface area contributed by atoms with Crippen LogP contribution in [0.4, 0.5) is 5.69 Å². The van der Waals surface area contributed by atoms with Gasteiger partial charge in [-0.25, -0.2) is 8.42 Å². The molecular weight excluding hydrogens is 290 g/mol. The highest BCUT2D eigenvalue weighted by Crippen LogP contribution is 2.26. The van der Waals surface area contributed by atoms with Crippen LogP contribution in [0.1, 0.15) is 0 Å². The van der Waals surface area contributed by atoms with Gasteiger partial charge in [0.15, 0.2) is 0 Å². The Labute approximate surface area is 96.9 Å². The molecule has 3 nitrogen and oxygen atoms in total. The van der Waals surface area contributed by atoms with E-state index in [4.69, 9.17) is 11.6 Å². The van der Waals surface area contributed by atoms with Crippen molar-refractivity contribution in [3.05, 3.63) is 28.7 Å². The van der Waals surface area contributed by atoms with Gasteiger partial charge in [0.05, 0.1) is 5.69 Å². The summed E-state index contributed by atoms with van der Waals surface area (Å²) in [5.41, 5.74) is 0.577. The zero-order valence-electron chi connectivity index (χ0n) is 7.44. The van der Waals surface area contributed by atoms with E-state index < -0.39 is 15.2 Å². The van der Waals surface area contributed by atoms with Crippen molar-refractivity contribution in [2.75, 3.05) is 16.6 Å². The van der Waals surface area contributed by atoms with E-state index in [1.165, 1.54) is 7.05 Å². The summed E-state index contributed by atoms with van der Waals surface area (Å²) in [4.78, 5) is 0. The van der Waals surface area contributed by atoms with Crippen LogP contribution in [0.15, 0.2) is 28.7 Å². The fraction of sp³-hybridized carbons (Fsp3) is 0.250. The summed E-state index contributed by atoms with van der Waals surface area (Å²) >= 11 is 8.61. The second kappa shape index (κ2) is 4.51. The van der Waals surface area contributed by atoms with Crippen molar-refractivity contribution in [3.8, 4) is 0 Å². The zero-order chi connectivity index (χ0) is 10.8. The molecule has 0 aliphatic rings. The smallest absolute Gasteiger partial charge is 0.249 e. The van der Waals surface area contributed by atoms with E-state index in [9.17, 15) is 8.42 Å². The summed E-state index contributed by atoms with van der Waals surface area (Å²) in [7, 11) is -1.93. The second-order valence-corrected chi connectivity index (χ2v) is 6.08. The summed E-state index contributed by atoms with van der Waals surface area (Å²) in [5.74, 6) is 0. The van der Waals surface area contributed by atoms with Crippen LogP contribution in [-0.2, 0) is 10.0 Å². The molecule has 0 fully saturated rings. The lowest BCUT2D eigenvalue weighted by molar-refractivity contribution is 0.599. The highest BCUT2D eigenvalue weighted by atomic mass is 79.9. The second-order valence-electron chi connectivity index (χ2n) is 2.64. The average molecular weight is 299 g/mol. The summed E-state index contributed by atoms with van der Waals surface area (Å²) in [5, 5.41) is -0.426. The number of alkyl halides is 1. The Morgan fingerprint density at radius 2 is 2.00 bits per heavy atom. The fourth-order valence-corrected chi connectivity index (χ4v) is 2.64. The number of hydrogen-bond donors (Lipinski definition) is 0. The summed E-state index contributed by atoms with van der Waals surface area (Å²) in [6, 6.07) is 7.05. The lowest BCUT2D eigenvalue weighted by Gasteiger charge is -2.18. The molecule has 1 rings (SSSR count). The van der Waals surface area contributed by atoms with Gasteiger partial charge < -0.3 is 0 Å². The topological polar surface area (TPSA) is 37.4 Å². The first-order chi connectivity index (χ1) is 6.49. The first-order valence-electron chi connectivity index (χ1n) is 3.76. The van der Waals surface area contributed by atoms with Gasteiger partial charge >= 0.3 is 0 Å². The molecule has 0 spiro atoms. The number of hydrogen-bond acceptors (Lipinski definition) is 2. The molecule has 0 aliphatic heterocycles. The lowest BCUT2D eigenvalue weighted by Crippen LogP contribution is -2.27. The predicted molar refractivity (Wildman–Crippen MR) is 62.2 cm³/mol. The third-order valence-electron chi connectivity index (χ3n) is 1.75. The van der Waals surface area contributed by atoms with E-state index in [0.29, 0.717) is 5.69 Å². The molecule has 0 radical (unpaired) electrons. The Balaban J connectivity index is 3.14. The molecule has 0 saturated carbocycles. The van der Waals surface area contributed by atoms with Crippen LogP contribution in [0.3, 0.4) is 0 Å². The fourth-order valence-electron chi connectivity index (χ4n) is 0.930. The first-order valence-corrected chi connectivity index (χ1v) is 6.70. The van der Waals surface area contributed by atoms with E-state index in [0.717, 1.165) is 8.78 Å². The molecule has 0 aliphatic carbocycles. The van der Waals surface area contributed by atoms with Gasteiger partial charge in [-0.05, 0) is 28.1 Å². The Kier molecular flexibility index (Phi) is 3.80. The van der Waals surface area contributed by atoms with Crippen LogP contribution >= 0.6 is 27.5 Å².